The minimum absolute atomic E-state index is 0.0364. The van der Waals surface area contributed by atoms with Crippen molar-refractivity contribution in [3.05, 3.63) is 52.4 Å². The summed E-state index contributed by atoms with van der Waals surface area (Å²) in [6.07, 6.45) is 1.45. The Morgan fingerprint density at radius 3 is 2.85 bits per heavy atom. The van der Waals surface area contributed by atoms with Gasteiger partial charge < -0.3 is 19.9 Å². The molecule has 0 aliphatic rings. The number of carbonyl (C=O) groups is 1. The number of hydrogen-bond donors (Lipinski definition) is 3. The maximum atomic E-state index is 12.0. The van der Waals surface area contributed by atoms with Crippen molar-refractivity contribution in [3.8, 4) is 5.75 Å². The second-order valence-corrected chi connectivity index (χ2v) is 5.51. The van der Waals surface area contributed by atoms with Crippen molar-refractivity contribution in [2.24, 2.45) is 0 Å². The lowest BCUT2D eigenvalue weighted by atomic mass is 10.0. The molecule has 1 aromatic carbocycles. The van der Waals surface area contributed by atoms with E-state index in [2.05, 4.69) is 21.2 Å². The van der Waals surface area contributed by atoms with E-state index in [1.807, 2.05) is 0 Å². The smallest absolute Gasteiger partial charge is 0.255 e. The molecule has 0 bridgehead atoms. The molecule has 1 atom stereocenters. The second-order valence-electron chi connectivity index (χ2n) is 4.60. The molecule has 2 aromatic rings. The number of phenolic OH excluding ortho intramolecular Hbond substituents is 1. The largest absolute Gasteiger partial charge is 0.507 e. The minimum atomic E-state index is -1.32. The number of aliphatic hydroxyl groups is 1. The van der Waals surface area contributed by atoms with Crippen molar-refractivity contribution >= 4 is 21.8 Å². The second kappa shape index (κ2) is 5.68. The average Bonchev–Trinajstić information content (AvgIpc) is 2.93. The van der Waals surface area contributed by atoms with Gasteiger partial charge in [-0.25, -0.2) is 0 Å². The van der Waals surface area contributed by atoms with Crippen LogP contribution in [0.25, 0.3) is 0 Å². The first-order chi connectivity index (χ1) is 9.40. The van der Waals surface area contributed by atoms with E-state index in [9.17, 15) is 15.0 Å². The predicted octanol–water partition coefficient (Wildman–Crippen LogP) is 2.39. The summed E-state index contributed by atoms with van der Waals surface area (Å²) in [5.41, 5.74) is -1.18. The number of nitrogens with one attached hydrogen (secondary N) is 1. The lowest BCUT2D eigenvalue weighted by Crippen LogP contribution is -2.38. The van der Waals surface area contributed by atoms with Gasteiger partial charge in [0.1, 0.15) is 17.1 Å². The molecule has 20 heavy (non-hydrogen) atoms. The molecule has 5 nitrogen and oxygen atoms in total. The zero-order chi connectivity index (χ0) is 14.8. The molecule has 106 valence electrons. The summed E-state index contributed by atoms with van der Waals surface area (Å²) < 4.78 is 5.80. The number of aromatic hydroxyl groups is 1. The van der Waals surface area contributed by atoms with Crippen molar-refractivity contribution in [3.63, 3.8) is 0 Å². The summed E-state index contributed by atoms with van der Waals surface area (Å²) in [6, 6.07) is 7.84. The molecular formula is C14H14BrNO4. The van der Waals surface area contributed by atoms with E-state index in [0.717, 1.165) is 0 Å². The Kier molecular flexibility index (Phi) is 4.15. The first-order valence-corrected chi connectivity index (χ1v) is 6.72. The molecule has 1 unspecified atom stereocenters. The third kappa shape index (κ3) is 3.20. The highest BCUT2D eigenvalue weighted by Crippen LogP contribution is 2.23. The molecule has 1 heterocycles. The molecule has 0 saturated heterocycles. The van der Waals surface area contributed by atoms with Crippen LogP contribution >= 0.6 is 15.9 Å². The van der Waals surface area contributed by atoms with Crippen molar-refractivity contribution in [2.45, 2.75) is 12.5 Å². The number of amides is 1. The number of furan rings is 1. The zero-order valence-corrected chi connectivity index (χ0v) is 12.3. The first kappa shape index (κ1) is 14.6. The molecule has 1 aromatic heterocycles. The van der Waals surface area contributed by atoms with Gasteiger partial charge in [-0.1, -0.05) is 15.9 Å². The first-order valence-electron chi connectivity index (χ1n) is 5.93. The van der Waals surface area contributed by atoms with Crippen molar-refractivity contribution in [1.29, 1.82) is 0 Å². The van der Waals surface area contributed by atoms with Crippen molar-refractivity contribution in [1.82, 2.24) is 5.32 Å². The van der Waals surface area contributed by atoms with E-state index < -0.39 is 11.5 Å². The molecule has 0 spiro atoms. The summed E-state index contributed by atoms with van der Waals surface area (Å²) >= 11 is 3.23. The van der Waals surface area contributed by atoms with Gasteiger partial charge in [0, 0.05) is 4.47 Å². The molecule has 6 heteroatoms. The van der Waals surface area contributed by atoms with Crippen LogP contribution < -0.4 is 5.32 Å². The highest BCUT2D eigenvalue weighted by Gasteiger charge is 2.27. The number of rotatable bonds is 4. The number of phenols is 1. The number of carbonyl (C=O) groups excluding carboxylic acids is 1. The van der Waals surface area contributed by atoms with Gasteiger partial charge in [-0.15, -0.1) is 0 Å². The molecule has 2 rings (SSSR count). The summed E-state index contributed by atoms with van der Waals surface area (Å²) in [5, 5.41) is 22.4. The Morgan fingerprint density at radius 1 is 1.45 bits per heavy atom. The minimum Gasteiger partial charge on any atom is -0.507 e. The highest BCUT2D eigenvalue weighted by atomic mass is 79.9. The Balaban J connectivity index is 2.07. The fourth-order valence-corrected chi connectivity index (χ4v) is 2.07. The van der Waals surface area contributed by atoms with E-state index in [0.29, 0.717) is 10.2 Å². The van der Waals surface area contributed by atoms with Crippen LogP contribution in [0.2, 0.25) is 0 Å². The van der Waals surface area contributed by atoms with Crippen LogP contribution in [0.4, 0.5) is 0 Å². The summed E-state index contributed by atoms with van der Waals surface area (Å²) in [6.45, 7) is 1.50. The van der Waals surface area contributed by atoms with Gasteiger partial charge in [-0.2, -0.15) is 0 Å². The van der Waals surface area contributed by atoms with Gasteiger partial charge in [0.2, 0.25) is 0 Å². The van der Waals surface area contributed by atoms with Crippen LogP contribution in [0.3, 0.4) is 0 Å². The van der Waals surface area contributed by atoms with Crippen LogP contribution in [0, 0.1) is 0 Å². The molecule has 0 aliphatic carbocycles. The van der Waals surface area contributed by atoms with Gasteiger partial charge in [-0.3, -0.25) is 4.79 Å². The Morgan fingerprint density at radius 2 is 2.20 bits per heavy atom. The lowest BCUT2D eigenvalue weighted by Gasteiger charge is -2.21. The van der Waals surface area contributed by atoms with E-state index in [1.165, 1.54) is 25.3 Å². The third-order valence-electron chi connectivity index (χ3n) is 2.85. The maximum Gasteiger partial charge on any atom is 0.255 e. The summed E-state index contributed by atoms with van der Waals surface area (Å²) in [7, 11) is 0. The van der Waals surface area contributed by atoms with Gasteiger partial charge in [0.25, 0.3) is 5.91 Å². The van der Waals surface area contributed by atoms with E-state index >= 15 is 0 Å². The predicted molar refractivity (Wildman–Crippen MR) is 76.4 cm³/mol. The van der Waals surface area contributed by atoms with Crippen molar-refractivity contribution in [2.75, 3.05) is 6.54 Å². The monoisotopic (exact) mass is 339 g/mol. The topological polar surface area (TPSA) is 82.7 Å². The molecular weight excluding hydrogens is 326 g/mol. The lowest BCUT2D eigenvalue weighted by molar-refractivity contribution is 0.0330. The Labute approximate surface area is 124 Å². The normalized spacial score (nSPS) is 13.8. The van der Waals surface area contributed by atoms with E-state index in [4.69, 9.17) is 4.42 Å². The Hall–Kier alpha value is -1.79. The zero-order valence-electron chi connectivity index (χ0n) is 10.8. The fourth-order valence-electron chi connectivity index (χ4n) is 1.71. The summed E-state index contributed by atoms with van der Waals surface area (Å²) in [5.74, 6) is -0.241. The average molecular weight is 340 g/mol. The van der Waals surface area contributed by atoms with Crippen LogP contribution in [0.15, 0.2) is 45.5 Å². The molecule has 0 radical (unpaired) electrons. The van der Waals surface area contributed by atoms with Crippen LogP contribution in [-0.4, -0.2) is 22.7 Å². The fraction of sp³-hybridized carbons (Fsp3) is 0.214. The maximum absolute atomic E-state index is 12.0. The Bertz CT molecular complexity index is 608. The number of hydrogen-bond acceptors (Lipinski definition) is 4. The quantitative estimate of drug-likeness (QED) is 0.798. The highest BCUT2D eigenvalue weighted by molar-refractivity contribution is 9.10. The number of halogens is 1. The molecule has 0 fully saturated rings. The van der Waals surface area contributed by atoms with E-state index in [-0.39, 0.29) is 17.9 Å². The van der Waals surface area contributed by atoms with Crippen LogP contribution in [0.5, 0.6) is 5.75 Å². The molecule has 1 amide bonds. The third-order valence-corrected chi connectivity index (χ3v) is 3.34. The van der Waals surface area contributed by atoms with Gasteiger partial charge in [0.15, 0.2) is 0 Å². The van der Waals surface area contributed by atoms with Crippen LogP contribution in [-0.2, 0) is 5.60 Å². The summed E-state index contributed by atoms with van der Waals surface area (Å²) in [4.78, 5) is 12.0. The SMILES string of the molecule is CC(O)(CNC(=O)c1cc(Br)ccc1O)c1ccco1. The van der Waals surface area contributed by atoms with Gasteiger partial charge >= 0.3 is 0 Å². The molecule has 0 aliphatic heterocycles. The van der Waals surface area contributed by atoms with Crippen molar-refractivity contribution < 1.29 is 19.4 Å². The van der Waals surface area contributed by atoms with E-state index in [1.54, 1.807) is 18.2 Å². The van der Waals surface area contributed by atoms with Gasteiger partial charge in [0.05, 0.1) is 18.4 Å². The molecule has 3 N–H and O–H groups in total. The standard InChI is InChI=1S/C14H14BrNO4/c1-14(19,12-3-2-6-20-12)8-16-13(18)10-7-9(15)4-5-11(10)17/h2-7,17,19H,8H2,1H3,(H,16,18). The number of benzene rings is 1. The molecule has 0 saturated carbocycles. The van der Waals surface area contributed by atoms with Crippen LogP contribution in [0.1, 0.15) is 23.0 Å². The van der Waals surface area contributed by atoms with Gasteiger partial charge in [-0.05, 0) is 37.3 Å².